The van der Waals surface area contributed by atoms with Crippen LogP contribution in [0.4, 0.5) is 0 Å². The molecular weight excluding hydrogens is 268 g/mol. The molecule has 0 amide bonds. The van der Waals surface area contributed by atoms with Crippen molar-refractivity contribution in [1.82, 2.24) is 0 Å². The average molecular weight is 303 g/mol. The Bertz CT molecular complexity index is 1160. The average Bonchev–Trinajstić information content (AvgIpc) is 2.81. The largest absolute Gasteiger partial charge is 0.145 e. The zero-order valence-corrected chi connectivity index (χ0v) is 12.5. The molecule has 0 nitrogen and oxygen atoms in total. The van der Waals surface area contributed by atoms with Crippen molar-refractivity contribution in [3.8, 4) is 0 Å². The van der Waals surface area contributed by atoms with E-state index in [-0.39, 0.29) is 10.8 Å². The maximum Gasteiger partial charge on any atom is 0.145 e. The maximum absolute atomic E-state index is 8.65. The van der Waals surface area contributed by atoms with Gasteiger partial charge in [0.2, 0.25) is 0 Å². The molecule has 0 aliphatic carbocycles. The van der Waals surface area contributed by atoms with E-state index < -0.39 is 103 Å². The first-order chi connectivity index (χ1) is 16.0. The van der Waals surface area contributed by atoms with E-state index in [4.69, 9.17) is 19.2 Å². The molecule has 0 aromatic heterocycles. The van der Waals surface area contributed by atoms with Crippen LogP contribution < -0.4 is 15.6 Å². The lowest BCUT2D eigenvalue weighted by Gasteiger charge is -2.29. The molecule has 0 bridgehead atoms. The lowest BCUT2D eigenvalue weighted by molar-refractivity contribution is 1.48. The fourth-order valence-electron chi connectivity index (χ4n) is 2.00. The molecule has 0 N–H and O–H groups in total. The molecule has 0 spiro atoms. The summed E-state index contributed by atoms with van der Waals surface area (Å²) in [5.41, 5.74) is 0.0159. The van der Waals surface area contributed by atoms with Gasteiger partial charge in [-0.25, -0.2) is 0 Å². The van der Waals surface area contributed by atoms with Crippen molar-refractivity contribution >= 4 is 23.6 Å². The first-order valence-corrected chi connectivity index (χ1v) is 8.75. The van der Waals surface area contributed by atoms with E-state index in [0.29, 0.717) is 0 Å². The highest BCUT2D eigenvalue weighted by Gasteiger charge is 2.33. The van der Waals surface area contributed by atoms with Gasteiger partial charge in [0.15, 0.2) is 0 Å². The molecule has 21 heavy (non-hydrogen) atoms. The summed E-state index contributed by atoms with van der Waals surface area (Å²) >= 11 is 0. The van der Waals surface area contributed by atoms with Gasteiger partial charge in [0.25, 0.3) is 0 Å². The number of rotatable bonds is 3. The van der Waals surface area contributed by atoms with Crippen molar-refractivity contribution in [2.75, 3.05) is 0 Å². The molecule has 0 saturated heterocycles. The van der Waals surface area contributed by atoms with Gasteiger partial charge in [0.05, 0.1) is 19.2 Å². The highest BCUT2D eigenvalue weighted by Crippen LogP contribution is 2.08. The molecule has 104 valence electrons. The van der Waals surface area contributed by atoms with Crippen LogP contribution in [0.1, 0.15) is 24.8 Å². The molecule has 3 aromatic rings. The van der Waals surface area contributed by atoms with Gasteiger partial charge < -0.3 is 0 Å². The molecule has 0 heterocycles. The topological polar surface area (TPSA) is 0 Å². The quantitative estimate of drug-likeness (QED) is 0.515. The Morgan fingerprint density at radius 2 is 1.00 bits per heavy atom. The molecule has 0 aliphatic heterocycles. The van der Waals surface area contributed by atoms with E-state index in [9.17, 15) is 0 Å². The molecule has 0 saturated carbocycles. The smallest absolute Gasteiger partial charge is 0.0624 e. The third-order valence-corrected chi connectivity index (χ3v) is 7.00. The van der Waals surface area contributed by atoms with E-state index in [1.165, 1.54) is 13.5 Å². The van der Waals surface area contributed by atoms with Crippen LogP contribution in [0.15, 0.2) is 84.6 Å². The van der Waals surface area contributed by atoms with E-state index in [1.807, 2.05) is 0 Å². The van der Waals surface area contributed by atoms with Crippen LogP contribution in [0, 0.1) is 6.92 Å². The zero-order chi connectivity index (χ0) is 26.9. The number of benzene rings is 3. The normalized spacial score (nSPS) is 20.7. The predicted octanol–water partition coefficient (Wildman–Crippen LogP) is 3.10. The Labute approximate surface area is 147 Å². The van der Waals surface area contributed by atoms with Gasteiger partial charge in [0.1, 0.15) is 8.07 Å². The fraction of sp³-hybridized carbons (Fsp3) is 0.100. The Kier molecular flexibility index (Phi) is 1.35. The summed E-state index contributed by atoms with van der Waals surface area (Å²) < 4.78 is 117. The Balaban J connectivity index is 2.78. The van der Waals surface area contributed by atoms with Gasteiger partial charge in [-0.2, -0.15) is 0 Å². The van der Waals surface area contributed by atoms with Crippen molar-refractivity contribution in [2.24, 2.45) is 0 Å². The van der Waals surface area contributed by atoms with Crippen molar-refractivity contribution in [3.05, 3.63) is 90.2 Å². The van der Waals surface area contributed by atoms with Crippen LogP contribution >= 0.6 is 0 Å². The fourth-order valence-corrected chi connectivity index (χ4v) is 4.62. The van der Waals surface area contributed by atoms with Crippen LogP contribution in [0.3, 0.4) is 0 Å². The lowest BCUT2D eigenvalue weighted by Crippen LogP contribution is -2.64. The maximum atomic E-state index is 8.65. The first-order valence-electron chi connectivity index (χ1n) is 13.2. The summed E-state index contributed by atoms with van der Waals surface area (Å²) in [5.74, 6) is 0. The van der Waals surface area contributed by atoms with Crippen LogP contribution in [0.25, 0.3) is 0 Å². The van der Waals surface area contributed by atoms with Crippen molar-refractivity contribution in [3.63, 3.8) is 0 Å². The minimum absolute atomic E-state index is 0.0159. The predicted molar refractivity (Wildman–Crippen MR) is 94.6 cm³/mol. The molecular formula is C20H20Si. The van der Waals surface area contributed by atoms with Gasteiger partial charge in [-0.1, -0.05) is 96.7 Å². The lowest BCUT2D eigenvalue weighted by atomic mass is 10.2. The summed E-state index contributed by atoms with van der Waals surface area (Å²) in [7, 11) is -4.41. The second kappa shape index (κ2) is 5.70. The SMILES string of the molecule is [2H]c1c([2H])c([2H])c([Si](C)(c2c([2H])c([2H])c([2H])c([2H])c2[2H])c2c([2H])c([2H])c(C)c([2H])c2[2H])c([2H])c1[2H]. The molecule has 3 aromatic carbocycles. The summed E-state index contributed by atoms with van der Waals surface area (Å²) in [6.45, 7) is 2.70. The van der Waals surface area contributed by atoms with Gasteiger partial charge in [-0.15, -0.1) is 0 Å². The van der Waals surface area contributed by atoms with Crippen molar-refractivity contribution in [1.29, 1.82) is 0 Å². The monoisotopic (exact) mass is 302 g/mol. The highest BCUT2D eigenvalue weighted by atomic mass is 28.3. The van der Waals surface area contributed by atoms with Crippen LogP contribution in [-0.2, 0) is 0 Å². The number of hydrogen-bond donors (Lipinski definition) is 0. The Morgan fingerprint density at radius 3 is 1.43 bits per heavy atom. The van der Waals surface area contributed by atoms with Gasteiger partial charge >= 0.3 is 0 Å². The third kappa shape index (κ3) is 2.57. The standard InChI is InChI=1S/C20H20Si/c1-17-13-15-20(16-14-17)21(2,18-9-5-3-6-10-18)19-11-7-4-8-12-19/h3-16H,1-2H3/i3D,4D,5D,6D,7D,8D,9D,10D,11D,12D,13D,14D,15D,16D. The highest BCUT2D eigenvalue weighted by molar-refractivity contribution is 7.10. The van der Waals surface area contributed by atoms with Crippen molar-refractivity contribution in [2.45, 2.75) is 13.5 Å². The summed E-state index contributed by atoms with van der Waals surface area (Å²) in [6, 6.07) is -9.10. The van der Waals surface area contributed by atoms with Crippen LogP contribution in [-0.4, -0.2) is 8.07 Å². The zero-order valence-electron chi connectivity index (χ0n) is 25.5. The van der Waals surface area contributed by atoms with E-state index >= 15 is 0 Å². The van der Waals surface area contributed by atoms with E-state index in [0.717, 1.165) is 0 Å². The first kappa shape index (κ1) is 4.96. The molecule has 0 unspecified atom stereocenters. The molecule has 0 aliphatic rings. The molecule has 3 rings (SSSR count). The van der Waals surface area contributed by atoms with Gasteiger partial charge in [0, 0.05) is 0 Å². The number of hydrogen-bond acceptors (Lipinski definition) is 0. The Morgan fingerprint density at radius 1 is 0.619 bits per heavy atom. The molecule has 1 heteroatoms. The minimum Gasteiger partial charge on any atom is -0.0624 e. The Hall–Kier alpha value is -2.12. The van der Waals surface area contributed by atoms with Crippen LogP contribution in [0.2, 0.25) is 6.55 Å². The summed E-state index contributed by atoms with van der Waals surface area (Å²) in [6.07, 6.45) is 0. The second-order valence-electron chi connectivity index (χ2n) is 4.62. The van der Waals surface area contributed by atoms with Gasteiger partial charge in [-0.3, -0.25) is 0 Å². The van der Waals surface area contributed by atoms with E-state index in [1.54, 1.807) is 0 Å². The molecule has 0 atom stereocenters. The summed E-state index contributed by atoms with van der Waals surface area (Å²) in [4.78, 5) is 0. The van der Waals surface area contributed by atoms with Crippen LogP contribution in [0.5, 0.6) is 0 Å². The molecule has 0 fully saturated rings. The minimum atomic E-state index is -4.41. The molecule has 0 radical (unpaired) electrons. The third-order valence-electron chi connectivity index (χ3n) is 3.25. The second-order valence-corrected chi connectivity index (χ2v) is 8.38. The summed E-state index contributed by atoms with van der Waals surface area (Å²) in [5, 5.41) is -1.13. The van der Waals surface area contributed by atoms with Crippen molar-refractivity contribution < 1.29 is 19.2 Å². The van der Waals surface area contributed by atoms with E-state index in [2.05, 4.69) is 0 Å². The van der Waals surface area contributed by atoms with Gasteiger partial charge in [-0.05, 0) is 22.5 Å².